The first kappa shape index (κ1) is 17.5. The molecule has 0 spiro atoms. The standard InChI is InChI=1S/C20H19FN4O/c1-13-7-14(2)9-16(8-13)25-19-10-18(23-12-24-19)20(26)22-11-15-5-3-4-6-17(15)21/h3-10,12H,11H2,1-2H3,(H,22,26)(H,23,24,25). The Morgan fingerprint density at radius 2 is 1.77 bits per heavy atom. The van der Waals surface area contributed by atoms with Crippen LogP contribution in [0, 0.1) is 19.7 Å². The second-order valence-electron chi connectivity index (χ2n) is 6.06. The molecule has 1 heterocycles. The molecule has 0 fully saturated rings. The van der Waals surface area contributed by atoms with Crippen LogP contribution in [0.25, 0.3) is 0 Å². The number of amides is 1. The van der Waals surface area contributed by atoms with Gasteiger partial charge in [-0.25, -0.2) is 14.4 Å². The molecule has 5 nitrogen and oxygen atoms in total. The first-order valence-electron chi connectivity index (χ1n) is 8.20. The molecule has 0 aliphatic carbocycles. The highest BCUT2D eigenvalue weighted by atomic mass is 19.1. The number of hydrogen-bond acceptors (Lipinski definition) is 4. The molecule has 1 amide bonds. The summed E-state index contributed by atoms with van der Waals surface area (Å²) in [7, 11) is 0. The summed E-state index contributed by atoms with van der Waals surface area (Å²) < 4.78 is 13.6. The number of nitrogens with one attached hydrogen (secondary N) is 2. The van der Waals surface area contributed by atoms with Gasteiger partial charge < -0.3 is 10.6 Å². The Bertz CT molecular complexity index is 922. The summed E-state index contributed by atoms with van der Waals surface area (Å²) in [5.74, 6) is -0.229. The number of anilines is 2. The van der Waals surface area contributed by atoms with E-state index in [9.17, 15) is 9.18 Å². The predicted octanol–water partition coefficient (Wildman–Crippen LogP) is 3.91. The minimum Gasteiger partial charge on any atom is -0.347 e. The van der Waals surface area contributed by atoms with Crippen molar-refractivity contribution in [3.8, 4) is 0 Å². The van der Waals surface area contributed by atoms with E-state index in [1.807, 2.05) is 26.0 Å². The van der Waals surface area contributed by atoms with E-state index >= 15 is 0 Å². The van der Waals surface area contributed by atoms with Crippen LogP contribution in [0.1, 0.15) is 27.2 Å². The van der Waals surface area contributed by atoms with Crippen LogP contribution >= 0.6 is 0 Å². The third-order valence-electron chi connectivity index (χ3n) is 3.79. The van der Waals surface area contributed by atoms with Crippen LogP contribution in [0.5, 0.6) is 0 Å². The van der Waals surface area contributed by atoms with Gasteiger partial charge in [-0.05, 0) is 43.2 Å². The molecule has 3 aromatic rings. The highest BCUT2D eigenvalue weighted by Crippen LogP contribution is 2.18. The molecule has 2 N–H and O–H groups in total. The topological polar surface area (TPSA) is 66.9 Å². The summed E-state index contributed by atoms with van der Waals surface area (Å²) in [6.07, 6.45) is 1.32. The van der Waals surface area contributed by atoms with Gasteiger partial charge in [0.2, 0.25) is 0 Å². The monoisotopic (exact) mass is 350 g/mol. The summed E-state index contributed by atoms with van der Waals surface area (Å²) in [4.78, 5) is 20.4. The number of hydrogen-bond donors (Lipinski definition) is 2. The van der Waals surface area contributed by atoms with Crippen molar-refractivity contribution in [1.82, 2.24) is 15.3 Å². The fourth-order valence-electron chi connectivity index (χ4n) is 2.65. The van der Waals surface area contributed by atoms with E-state index in [0.717, 1.165) is 16.8 Å². The number of halogens is 1. The maximum absolute atomic E-state index is 13.6. The van der Waals surface area contributed by atoms with Crippen LogP contribution in [-0.2, 0) is 6.54 Å². The smallest absolute Gasteiger partial charge is 0.270 e. The Morgan fingerprint density at radius 3 is 2.50 bits per heavy atom. The maximum atomic E-state index is 13.6. The molecule has 26 heavy (non-hydrogen) atoms. The maximum Gasteiger partial charge on any atom is 0.270 e. The number of aryl methyl sites for hydroxylation is 2. The minimum atomic E-state index is -0.390. The van der Waals surface area contributed by atoms with Gasteiger partial charge in [0.1, 0.15) is 23.7 Å². The SMILES string of the molecule is Cc1cc(C)cc(Nc2cc(C(=O)NCc3ccccc3F)ncn2)c1. The van der Waals surface area contributed by atoms with Crippen molar-refractivity contribution in [3.05, 3.63) is 83.1 Å². The number of aromatic nitrogens is 2. The lowest BCUT2D eigenvalue weighted by Crippen LogP contribution is -2.24. The molecular weight excluding hydrogens is 331 g/mol. The largest absolute Gasteiger partial charge is 0.347 e. The van der Waals surface area contributed by atoms with Crippen molar-refractivity contribution in [3.63, 3.8) is 0 Å². The summed E-state index contributed by atoms with van der Waals surface area (Å²) in [6.45, 7) is 4.12. The Labute approximate surface area is 151 Å². The van der Waals surface area contributed by atoms with Gasteiger partial charge in [0, 0.05) is 23.9 Å². The number of nitrogens with zero attached hydrogens (tertiary/aromatic N) is 2. The van der Waals surface area contributed by atoms with Crippen molar-refractivity contribution in [2.45, 2.75) is 20.4 Å². The molecule has 0 unspecified atom stereocenters. The van der Waals surface area contributed by atoms with E-state index in [1.165, 1.54) is 12.4 Å². The van der Waals surface area contributed by atoms with E-state index in [2.05, 4.69) is 26.7 Å². The molecule has 3 rings (SSSR count). The number of carbonyl (C=O) groups is 1. The average molecular weight is 350 g/mol. The van der Waals surface area contributed by atoms with Crippen LogP contribution in [0.3, 0.4) is 0 Å². The average Bonchev–Trinajstić information content (AvgIpc) is 2.60. The summed E-state index contributed by atoms with van der Waals surface area (Å²) >= 11 is 0. The fraction of sp³-hybridized carbons (Fsp3) is 0.150. The van der Waals surface area contributed by atoms with Crippen LogP contribution in [-0.4, -0.2) is 15.9 Å². The number of carbonyl (C=O) groups excluding carboxylic acids is 1. The molecule has 2 aromatic carbocycles. The Morgan fingerprint density at radius 1 is 1.04 bits per heavy atom. The van der Waals surface area contributed by atoms with Gasteiger partial charge >= 0.3 is 0 Å². The van der Waals surface area contributed by atoms with Gasteiger partial charge in [-0.3, -0.25) is 4.79 Å². The highest BCUT2D eigenvalue weighted by Gasteiger charge is 2.10. The van der Waals surface area contributed by atoms with Crippen molar-refractivity contribution in [1.29, 1.82) is 0 Å². The van der Waals surface area contributed by atoms with Crippen molar-refractivity contribution in [2.75, 3.05) is 5.32 Å². The molecule has 132 valence electrons. The van der Waals surface area contributed by atoms with Gasteiger partial charge in [0.25, 0.3) is 5.91 Å². The van der Waals surface area contributed by atoms with E-state index < -0.39 is 0 Å². The first-order chi connectivity index (χ1) is 12.5. The van der Waals surface area contributed by atoms with Gasteiger partial charge in [-0.1, -0.05) is 24.3 Å². The van der Waals surface area contributed by atoms with E-state index in [-0.39, 0.29) is 24.0 Å². The fourth-order valence-corrected chi connectivity index (χ4v) is 2.65. The second kappa shape index (κ2) is 7.74. The lowest BCUT2D eigenvalue weighted by atomic mass is 10.1. The molecule has 0 atom stereocenters. The Balaban J connectivity index is 1.70. The zero-order valence-corrected chi connectivity index (χ0v) is 14.6. The van der Waals surface area contributed by atoms with Gasteiger partial charge in [-0.2, -0.15) is 0 Å². The van der Waals surface area contributed by atoms with Gasteiger partial charge in [0.15, 0.2) is 0 Å². The van der Waals surface area contributed by atoms with Crippen LogP contribution in [0.2, 0.25) is 0 Å². The summed E-state index contributed by atoms with van der Waals surface area (Å²) in [6, 6.07) is 13.9. The normalized spacial score (nSPS) is 10.4. The van der Waals surface area contributed by atoms with Crippen molar-refractivity contribution >= 4 is 17.4 Å². The molecule has 0 saturated heterocycles. The van der Waals surface area contributed by atoms with E-state index in [4.69, 9.17) is 0 Å². The molecule has 0 radical (unpaired) electrons. The number of rotatable bonds is 5. The molecule has 1 aromatic heterocycles. The lowest BCUT2D eigenvalue weighted by Gasteiger charge is -2.09. The third kappa shape index (κ3) is 4.42. The zero-order chi connectivity index (χ0) is 18.5. The molecule has 0 aliphatic rings. The minimum absolute atomic E-state index is 0.0926. The van der Waals surface area contributed by atoms with Crippen LogP contribution in [0.4, 0.5) is 15.9 Å². The summed E-state index contributed by atoms with van der Waals surface area (Å²) in [5, 5.41) is 5.84. The first-order valence-corrected chi connectivity index (χ1v) is 8.20. The molecule has 0 bridgehead atoms. The Hall–Kier alpha value is -3.28. The molecular formula is C20H19FN4O. The molecule has 0 aliphatic heterocycles. The van der Waals surface area contributed by atoms with E-state index in [0.29, 0.717) is 11.4 Å². The van der Waals surface area contributed by atoms with Gasteiger partial charge in [0.05, 0.1) is 0 Å². The van der Waals surface area contributed by atoms with Crippen LogP contribution < -0.4 is 10.6 Å². The number of benzene rings is 2. The Kier molecular flexibility index (Phi) is 5.22. The molecule has 0 saturated carbocycles. The predicted molar refractivity (Wildman–Crippen MR) is 98.8 cm³/mol. The van der Waals surface area contributed by atoms with Gasteiger partial charge in [-0.15, -0.1) is 0 Å². The quantitative estimate of drug-likeness (QED) is 0.732. The highest BCUT2D eigenvalue weighted by molar-refractivity contribution is 5.92. The lowest BCUT2D eigenvalue weighted by molar-refractivity contribution is 0.0945. The summed E-state index contributed by atoms with van der Waals surface area (Å²) in [5.41, 5.74) is 3.78. The zero-order valence-electron chi connectivity index (χ0n) is 14.6. The second-order valence-corrected chi connectivity index (χ2v) is 6.06. The molecule has 6 heteroatoms. The van der Waals surface area contributed by atoms with Crippen molar-refractivity contribution < 1.29 is 9.18 Å². The third-order valence-corrected chi connectivity index (χ3v) is 3.79. The van der Waals surface area contributed by atoms with Crippen LogP contribution in [0.15, 0.2) is 54.9 Å². The van der Waals surface area contributed by atoms with E-state index in [1.54, 1.807) is 24.3 Å². The van der Waals surface area contributed by atoms with Crippen molar-refractivity contribution in [2.24, 2.45) is 0 Å².